The fourth-order valence-electron chi connectivity index (χ4n) is 0.779. The molecule has 0 aliphatic rings. The molecule has 0 saturated carbocycles. The SMILES string of the molecule is CC(C)(C)[C@H](N=CB=O)C(=O)O. The quantitative estimate of drug-likeness (QED) is 0.495. The van der Waals surface area contributed by atoms with Crippen molar-refractivity contribution in [1.82, 2.24) is 0 Å². The summed E-state index contributed by atoms with van der Waals surface area (Å²) >= 11 is 0. The van der Waals surface area contributed by atoms with Gasteiger partial charge in [0.05, 0.1) is 0 Å². The molecule has 0 spiro atoms. The molecule has 0 rings (SSSR count). The Kier molecular flexibility index (Phi) is 3.79. The summed E-state index contributed by atoms with van der Waals surface area (Å²) < 4.78 is 9.92. The van der Waals surface area contributed by atoms with E-state index in [2.05, 4.69) is 4.99 Å². The fourth-order valence-corrected chi connectivity index (χ4v) is 0.779. The van der Waals surface area contributed by atoms with Crippen LogP contribution < -0.4 is 0 Å². The van der Waals surface area contributed by atoms with Crippen LogP contribution in [-0.2, 0) is 9.50 Å². The van der Waals surface area contributed by atoms with Gasteiger partial charge in [-0.05, 0) is 0 Å². The predicted molar refractivity (Wildman–Crippen MR) is 45.8 cm³/mol. The standard InChI is InChI=1S/C7H12BNO3/c1-7(2,3)5(6(10)11)9-4-8-12/h4-5H,1-3H3,(H,10,11)/t5-/m1/s1. The normalized spacial score (nSPS) is 14.2. The molecule has 4 nitrogen and oxygen atoms in total. The van der Waals surface area contributed by atoms with Crippen LogP contribution in [0.15, 0.2) is 4.99 Å². The number of hydrogen-bond donors (Lipinski definition) is 1. The molecule has 0 saturated heterocycles. The van der Waals surface area contributed by atoms with Gasteiger partial charge in [-0.25, -0.2) is 0 Å². The third-order valence-electron chi connectivity index (χ3n) is 1.35. The molecule has 12 heavy (non-hydrogen) atoms. The molecular formula is C7H12BNO3. The van der Waals surface area contributed by atoms with Crippen molar-refractivity contribution >= 4 is 19.2 Å². The molecular weight excluding hydrogens is 157 g/mol. The minimum absolute atomic E-state index is 0.467. The molecule has 0 aromatic carbocycles. The first-order valence-electron chi connectivity index (χ1n) is 3.59. The summed E-state index contributed by atoms with van der Waals surface area (Å²) in [6.07, 6.45) is 0.976. The number of carbonyl (C=O) groups is 1. The number of nitrogens with zero attached hydrogens (tertiary/aromatic N) is 1. The minimum atomic E-state index is -1.01. The first kappa shape index (κ1) is 11.0. The number of aliphatic imine (C=N–C) groups is 1. The summed E-state index contributed by atoms with van der Waals surface area (Å²) in [7, 11) is 0.474. The van der Waals surface area contributed by atoms with Gasteiger partial charge in [0, 0.05) is 0 Å². The first-order chi connectivity index (χ1) is 5.39. The van der Waals surface area contributed by atoms with Crippen molar-refractivity contribution < 1.29 is 14.6 Å². The van der Waals surface area contributed by atoms with Gasteiger partial charge in [0.1, 0.15) is 0 Å². The molecule has 0 aliphatic carbocycles. The van der Waals surface area contributed by atoms with Crippen molar-refractivity contribution in [2.75, 3.05) is 0 Å². The summed E-state index contributed by atoms with van der Waals surface area (Å²) in [6.45, 7) is 5.27. The molecule has 0 fully saturated rings. The Morgan fingerprint density at radius 3 is 2.33 bits per heavy atom. The van der Waals surface area contributed by atoms with Gasteiger partial charge in [-0.2, -0.15) is 0 Å². The van der Waals surface area contributed by atoms with Crippen molar-refractivity contribution in [2.24, 2.45) is 10.4 Å². The van der Waals surface area contributed by atoms with Crippen molar-refractivity contribution in [3.05, 3.63) is 0 Å². The summed E-state index contributed by atoms with van der Waals surface area (Å²) in [5, 5.41) is 8.71. The van der Waals surface area contributed by atoms with Crippen molar-refractivity contribution in [3.63, 3.8) is 0 Å². The van der Waals surface area contributed by atoms with Crippen LogP contribution in [0.1, 0.15) is 20.8 Å². The summed E-state index contributed by atoms with van der Waals surface area (Å²) in [5.74, 6) is -1.01. The van der Waals surface area contributed by atoms with Crippen molar-refractivity contribution in [2.45, 2.75) is 26.8 Å². The van der Waals surface area contributed by atoms with E-state index in [1.54, 1.807) is 20.8 Å². The summed E-state index contributed by atoms with van der Waals surface area (Å²) in [6, 6.07) is -0.859. The maximum atomic E-state index is 10.6. The molecule has 1 atom stereocenters. The molecule has 0 aromatic heterocycles. The zero-order chi connectivity index (χ0) is 9.78. The summed E-state index contributed by atoms with van der Waals surface area (Å²) in [5.41, 5.74) is -0.467. The van der Waals surface area contributed by atoms with E-state index in [1.165, 1.54) is 0 Å². The summed E-state index contributed by atoms with van der Waals surface area (Å²) in [4.78, 5) is 14.2. The zero-order valence-corrected chi connectivity index (χ0v) is 7.44. The number of carboxylic acid groups (broad SMARTS) is 1. The first-order valence-corrected chi connectivity index (χ1v) is 3.59. The maximum absolute atomic E-state index is 10.6. The molecule has 66 valence electrons. The van der Waals surface area contributed by atoms with Gasteiger partial charge in [-0.15, -0.1) is 0 Å². The average Bonchev–Trinajstić information content (AvgIpc) is 1.84. The Balaban J connectivity index is 4.56. The predicted octanol–water partition coefficient (Wildman–Crippen LogP) is 0.564. The molecule has 0 heterocycles. The molecule has 0 radical (unpaired) electrons. The average molecular weight is 169 g/mol. The molecule has 0 amide bonds. The third-order valence-corrected chi connectivity index (χ3v) is 1.35. The number of carboxylic acids is 1. The van der Waals surface area contributed by atoms with Gasteiger partial charge in [0.25, 0.3) is 0 Å². The number of rotatable bonds is 3. The molecule has 0 aromatic rings. The van der Waals surface area contributed by atoms with Crippen LogP contribution in [-0.4, -0.2) is 30.4 Å². The van der Waals surface area contributed by atoms with Crippen LogP contribution >= 0.6 is 0 Å². The van der Waals surface area contributed by atoms with Crippen LogP contribution in [0, 0.1) is 5.41 Å². The topological polar surface area (TPSA) is 66.7 Å². The van der Waals surface area contributed by atoms with Crippen molar-refractivity contribution in [3.8, 4) is 0 Å². The molecule has 1 N–H and O–H groups in total. The van der Waals surface area contributed by atoms with Gasteiger partial charge in [0.15, 0.2) is 0 Å². The van der Waals surface area contributed by atoms with Gasteiger partial charge in [-0.3, -0.25) is 0 Å². The second kappa shape index (κ2) is 4.14. The van der Waals surface area contributed by atoms with E-state index >= 15 is 0 Å². The Morgan fingerprint density at radius 2 is 2.08 bits per heavy atom. The second-order valence-electron chi connectivity index (χ2n) is 3.54. The Morgan fingerprint density at radius 1 is 1.58 bits per heavy atom. The molecule has 5 heteroatoms. The van der Waals surface area contributed by atoms with Crippen LogP contribution in [0.4, 0.5) is 0 Å². The third kappa shape index (κ3) is 3.41. The van der Waals surface area contributed by atoms with Crippen LogP contribution in [0.25, 0.3) is 0 Å². The zero-order valence-electron chi connectivity index (χ0n) is 7.44. The van der Waals surface area contributed by atoms with E-state index in [-0.39, 0.29) is 0 Å². The molecule has 0 aliphatic heterocycles. The van der Waals surface area contributed by atoms with Gasteiger partial charge in [0.2, 0.25) is 0 Å². The van der Waals surface area contributed by atoms with E-state index in [4.69, 9.17) is 5.11 Å². The van der Waals surface area contributed by atoms with Crippen molar-refractivity contribution in [1.29, 1.82) is 0 Å². The van der Waals surface area contributed by atoms with E-state index in [0.717, 1.165) is 6.11 Å². The van der Waals surface area contributed by atoms with Gasteiger partial charge >= 0.3 is 71.1 Å². The molecule has 0 bridgehead atoms. The van der Waals surface area contributed by atoms with E-state index < -0.39 is 17.4 Å². The Labute approximate surface area is 71.9 Å². The van der Waals surface area contributed by atoms with Crippen LogP contribution in [0.2, 0.25) is 0 Å². The second-order valence-corrected chi connectivity index (χ2v) is 3.54. The fraction of sp³-hybridized carbons (Fsp3) is 0.714. The van der Waals surface area contributed by atoms with E-state index in [9.17, 15) is 9.50 Å². The number of hydrogen-bond acceptors (Lipinski definition) is 3. The van der Waals surface area contributed by atoms with E-state index in [0.29, 0.717) is 7.15 Å². The van der Waals surface area contributed by atoms with Gasteiger partial charge < -0.3 is 0 Å². The number of aliphatic carboxylic acids is 1. The Hall–Kier alpha value is -0.995. The monoisotopic (exact) mass is 169 g/mol. The van der Waals surface area contributed by atoms with Crippen LogP contribution in [0.3, 0.4) is 0 Å². The van der Waals surface area contributed by atoms with Gasteiger partial charge in [-0.1, -0.05) is 0 Å². The Bertz CT molecular complexity index is 207. The van der Waals surface area contributed by atoms with E-state index in [1.807, 2.05) is 0 Å². The molecule has 0 unspecified atom stereocenters. The van der Waals surface area contributed by atoms with Crippen LogP contribution in [0.5, 0.6) is 0 Å².